The SMILES string of the molecule is CC(=O)N(CC(=O)NCC1CCCO1)c1cccc(Cl)c1C. The second-order valence-corrected chi connectivity index (χ2v) is 5.84. The van der Waals surface area contributed by atoms with Crippen molar-refractivity contribution in [3.8, 4) is 0 Å². The zero-order chi connectivity index (χ0) is 16.1. The number of hydrogen-bond donors (Lipinski definition) is 1. The topological polar surface area (TPSA) is 58.6 Å². The number of nitrogens with one attached hydrogen (secondary N) is 1. The molecule has 120 valence electrons. The number of amides is 2. The van der Waals surface area contributed by atoms with Crippen molar-refractivity contribution >= 4 is 29.1 Å². The lowest BCUT2D eigenvalue weighted by Gasteiger charge is -2.23. The maximum atomic E-state index is 12.1. The van der Waals surface area contributed by atoms with Crippen molar-refractivity contribution in [2.24, 2.45) is 0 Å². The van der Waals surface area contributed by atoms with E-state index in [9.17, 15) is 9.59 Å². The van der Waals surface area contributed by atoms with E-state index in [0.29, 0.717) is 17.3 Å². The molecule has 1 aromatic carbocycles. The molecule has 0 radical (unpaired) electrons. The van der Waals surface area contributed by atoms with Crippen LogP contribution in [-0.4, -0.2) is 37.6 Å². The first kappa shape index (κ1) is 16.8. The Labute approximate surface area is 135 Å². The highest BCUT2D eigenvalue weighted by Gasteiger charge is 2.20. The molecule has 1 saturated heterocycles. The average molecular weight is 325 g/mol. The zero-order valence-corrected chi connectivity index (χ0v) is 13.7. The van der Waals surface area contributed by atoms with Crippen molar-refractivity contribution in [2.75, 3.05) is 24.6 Å². The number of carbonyl (C=O) groups excluding carboxylic acids is 2. The Morgan fingerprint density at radius 2 is 2.23 bits per heavy atom. The highest BCUT2D eigenvalue weighted by Crippen LogP contribution is 2.26. The van der Waals surface area contributed by atoms with E-state index in [1.165, 1.54) is 11.8 Å². The highest BCUT2D eigenvalue weighted by atomic mass is 35.5. The third-order valence-corrected chi connectivity index (χ3v) is 4.17. The van der Waals surface area contributed by atoms with Crippen LogP contribution in [-0.2, 0) is 14.3 Å². The van der Waals surface area contributed by atoms with Gasteiger partial charge in [-0.05, 0) is 37.5 Å². The minimum atomic E-state index is -0.204. The van der Waals surface area contributed by atoms with Gasteiger partial charge in [-0.2, -0.15) is 0 Å². The summed E-state index contributed by atoms with van der Waals surface area (Å²) in [6.07, 6.45) is 2.08. The fraction of sp³-hybridized carbons (Fsp3) is 0.500. The second kappa shape index (κ2) is 7.61. The lowest BCUT2D eigenvalue weighted by Crippen LogP contribution is -2.42. The van der Waals surface area contributed by atoms with E-state index in [4.69, 9.17) is 16.3 Å². The first-order valence-corrected chi connectivity index (χ1v) is 7.78. The summed E-state index contributed by atoms with van der Waals surface area (Å²) in [7, 11) is 0. The van der Waals surface area contributed by atoms with Crippen LogP contribution >= 0.6 is 11.6 Å². The predicted octanol–water partition coefficient (Wildman–Crippen LogP) is 2.30. The number of benzene rings is 1. The molecule has 1 aromatic rings. The van der Waals surface area contributed by atoms with E-state index < -0.39 is 0 Å². The van der Waals surface area contributed by atoms with E-state index in [0.717, 1.165) is 25.0 Å². The normalized spacial score (nSPS) is 17.3. The Bertz CT molecular complexity index is 556. The number of ether oxygens (including phenoxy) is 1. The summed E-state index contributed by atoms with van der Waals surface area (Å²) in [5.74, 6) is -0.400. The monoisotopic (exact) mass is 324 g/mol. The summed E-state index contributed by atoms with van der Waals surface area (Å²) in [5.41, 5.74) is 1.44. The molecular formula is C16H21ClN2O3. The van der Waals surface area contributed by atoms with Crippen molar-refractivity contribution in [1.82, 2.24) is 5.32 Å². The molecule has 2 amide bonds. The molecule has 0 saturated carbocycles. The molecule has 5 nitrogen and oxygen atoms in total. The summed E-state index contributed by atoms with van der Waals surface area (Å²) in [5, 5.41) is 3.40. The highest BCUT2D eigenvalue weighted by molar-refractivity contribution is 6.31. The van der Waals surface area contributed by atoms with E-state index in [-0.39, 0.29) is 24.5 Å². The van der Waals surface area contributed by atoms with Gasteiger partial charge in [-0.25, -0.2) is 0 Å². The van der Waals surface area contributed by atoms with Crippen molar-refractivity contribution in [3.63, 3.8) is 0 Å². The standard InChI is InChI=1S/C16H21ClN2O3/c1-11-14(17)6-3-7-15(11)19(12(2)20)10-16(21)18-9-13-5-4-8-22-13/h3,6-7,13H,4-5,8-10H2,1-2H3,(H,18,21). The van der Waals surface area contributed by atoms with Crippen LogP contribution in [0.4, 0.5) is 5.69 Å². The van der Waals surface area contributed by atoms with Gasteiger partial charge in [-0.15, -0.1) is 0 Å². The summed E-state index contributed by atoms with van der Waals surface area (Å²) in [4.78, 5) is 25.4. The Balaban J connectivity index is 2.00. The number of halogens is 1. The lowest BCUT2D eigenvalue weighted by atomic mass is 10.1. The van der Waals surface area contributed by atoms with E-state index in [2.05, 4.69) is 5.32 Å². The smallest absolute Gasteiger partial charge is 0.240 e. The van der Waals surface area contributed by atoms with Crippen molar-refractivity contribution < 1.29 is 14.3 Å². The molecule has 0 spiro atoms. The van der Waals surface area contributed by atoms with Crippen LogP contribution in [0, 0.1) is 6.92 Å². The molecule has 1 aliphatic heterocycles. The summed E-state index contributed by atoms with van der Waals surface area (Å²) < 4.78 is 5.46. The van der Waals surface area contributed by atoms with Gasteiger partial charge in [0.2, 0.25) is 11.8 Å². The first-order valence-electron chi connectivity index (χ1n) is 7.40. The third kappa shape index (κ3) is 4.21. The van der Waals surface area contributed by atoms with Crippen molar-refractivity contribution in [1.29, 1.82) is 0 Å². The predicted molar refractivity (Wildman–Crippen MR) is 86.2 cm³/mol. The molecule has 1 fully saturated rings. The fourth-order valence-electron chi connectivity index (χ4n) is 2.49. The molecule has 6 heteroatoms. The van der Waals surface area contributed by atoms with Crippen molar-refractivity contribution in [2.45, 2.75) is 32.8 Å². The van der Waals surface area contributed by atoms with Gasteiger partial charge in [0.15, 0.2) is 0 Å². The summed E-state index contributed by atoms with van der Waals surface area (Å²) in [6.45, 7) is 4.48. The van der Waals surface area contributed by atoms with Crippen LogP contribution in [0.25, 0.3) is 0 Å². The Hall–Kier alpha value is -1.59. The summed E-state index contributed by atoms with van der Waals surface area (Å²) in [6, 6.07) is 5.32. The first-order chi connectivity index (χ1) is 10.5. The molecular weight excluding hydrogens is 304 g/mol. The molecule has 1 aliphatic rings. The van der Waals surface area contributed by atoms with Gasteiger partial charge < -0.3 is 15.0 Å². The lowest BCUT2D eigenvalue weighted by molar-refractivity contribution is -0.123. The van der Waals surface area contributed by atoms with Crippen molar-refractivity contribution in [3.05, 3.63) is 28.8 Å². The Kier molecular flexibility index (Phi) is 5.80. The molecule has 1 unspecified atom stereocenters. The minimum absolute atomic E-state index is 0.0246. The van der Waals surface area contributed by atoms with Gasteiger partial charge in [0.05, 0.1) is 6.10 Å². The Morgan fingerprint density at radius 1 is 1.45 bits per heavy atom. The number of hydrogen-bond acceptors (Lipinski definition) is 3. The van der Waals surface area contributed by atoms with Gasteiger partial charge >= 0.3 is 0 Å². The van der Waals surface area contributed by atoms with Gasteiger partial charge in [0.1, 0.15) is 6.54 Å². The van der Waals surface area contributed by atoms with Crippen LogP contribution < -0.4 is 10.2 Å². The van der Waals surface area contributed by atoms with Crippen LogP contribution in [0.3, 0.4) is 0 Å². The molecule has 2 rings (SSSR count). The third-order valence-electron chi connectivity index (χ3n) is 3.76. The van der Waals surface area contributed by atoms with Crippen LogP contribution in [0.1, 0.15) is 25.3 Å². The van der Waals surface area contributed by atoms with E-state index in [1.807, 2.05) is 6.92 Å². The van der Waals surface area contributed by atoms with Gasteiger partial charge in [0.25, 0.3) is 0 Å². The van der Waals surface area contributed by atoms with E-state index in [1.54, 1.807) is 18.2 Å². The zero-order valence-electron chi connectivity index (χ0n) is 12.9. The average Bonchev–Trinajstić information content (AvgIpc) is 2.99. The maximum Gasteiger partial charge on any atom is 0.240 e. The second-order valence-electron chi connectivity index (χ2n) is 5.43. The number of rotatable bonds is 5. The van der Waals surface area contributed by atoms with Crippen LogP contribution in [0.2, 0.25) is 5.02 Å². The Morgan fingerprint density at radius 3 is 2.86 bits per heavy atom. The quantitative estimate of drug-likeness (QED) is 0.904. The summed E-state index contributed by atoms with van der Waals surface area (Å²) >= 11 is 6.09. The van der Waals surface area contributed by atoms with Crippen LogP contribution in [0.15, 0.2) is 18.2 Å². The largest absolute Gasteiger partial charge is 0.376 e. The van der Waals surface area contributed by atoms with Gasteiger partial charge in [-0.1, -0.05) is 17.7 Å². The molecule has 0 bridgehead atoms. The molecule has 1 atom stereocenters. The fourth-order valence-corrected chi connectivity index (χ4v) is 2.66. The minimum Gasteiger partial charge on any atom is -0.376 e. The molecule has 1 N–H and O–H groups in total. The number of nitrogens with zero attached hydrogens (tertiary/aromatic N) is 1. The number of carbonyl (C=O) groups is 2. The van der Waals surface area contributed by atoms with E-state index >= 15 is 0 Å². The molecule has 0 aliphatic carbocycles. The van der Waals surface area contributed by atoms with Crippen LogP contribution in [0.5, 0.6) is 0 Å². The molecule has 0 aromatic heterocycles. The molecule has 22 heavy (non-hydrogen) atoms. The number of anilines is 1. The van der Waals surface area contributed by atoms with Gasteiger partial charge in [0, 0.05) is 30.8 Å². The maximum absolute atomic E-state index is 12.1. The van der Waals surface area contributed by atoms with Gasteiger partial charge in [-0.3, -0.25) is 9.59 Å². The molecule has 1 heterocycles.